The van der Waals surface area contributed by atoms with E-state index in [1.54, 1.807) is 0 Å². The van der Waals surface area contributed by atoms with Crippen LogP contribution in [-0.4, -0.2) is 76.1 Å². The fraction of sp³-hybridized carbons (Fsp3) is 0.372. The highest BCUT2D eigenvalue weighted by Gasteiger charge is 2.68. The van der Waals surface area contributed by atoms with E-state index in [2.05, 4.69) is 24.7 Å². The van der Waals surface area contributed by atoms with Gasteiger partial charge in [-0.3, -0.25) is 23.5 Å². The zero-order chi connectivity index (χ0) is 53.8. The number of carbonyl (C=O) groups excluding carboxylic acids is 1. The Morgan fingerprint density at radius 2 is 1.59 bits per heavy atom. The van der Waals surface area contributed by atoms with Crippen LogP contribution in [0.2, 0.25) is 5.02 Å². The molecule has 9 rings (SSSR count). The Morgan fingerprint density at radius 1 is 0.932 bits per heavy atom. The van der Waals surface area contributed by atoms with Gasteiger partial charge in [-0.15, -0.1) is 0 Å². The number of ether oxygens (including phenoxy) is 1. The summed E-state index contributed by atoms with van der Waals surface area (Å²) in [5.41, 5.74) is -13.3. The molecule has 2 fully saturated rings. The van der Waals surface area contributed by atoms with Crippen molar-refractivity contribution in [1.29, 1.82) is 0 Å². The molecule has 3 aromatic heterocycles. The normalized spacial score (nSPS) is 17.8. The Hall–Kier alpha value is -6.56. The molecule has 3 aliphatic rings. The van der Waals surface area contributed by atoms with Gasteiger partial charge in [0, 0.05) is 24.0 Å². The van der Waals surface area contributed by atoms with E-state index in [0.29, 0.717) is 38.8 Å². The highest BCUT2D eigenvalue weighted by molar-refractivity contribution is 7.93. The molecular formula is C43H33ClF12N8O8S2. The smallest absolute Gasteiger partial charge is 0.497 e. The Morgan fingerprint density at radius 3 is 2.19 bits per heavy atom. The maximum atomic E-state index is 15.6. The van der Waals surface area contributed by atoms with Crippen LogP contribution in [0.4, 0.5) is 58.5 Å². The highest BCUT2D eigenvalue weighted by atomic mass is 35.5. The summed E-state index contributed by atoms with van der Waals surface area (Å²) in [5, 5.41) is 7.75. The maximum absolute atomic E-state index is 15.6. The van der Waals surface area contributed by atoms with E-state index in [-0.39, 0.29) is 30.0 Å². The molecule has 3 aliphatic carbocycles. The van der Waals surface area contributed by atoms with Crippen LogP contribution >= 0.6 is 11.6 Å². The van der Waals surface area contributed by atoms with Crippen molar-refractivity contribution in [3.05, 3.63) is 122 Å². The molecule has 0 saturated heterocycles. The largest absolute Gasteiger partial charge is 0.534 e. The van der Waals surface area contributed by atoms with Gasteiger partial charge in [0.05, 0.1) is 52.6 Å². The van der Waals surface area contributed by atoms with E-state index >= 15 is 8.78 Å². The number of fused-ring (bicyclic) bond motifs is 4. The van der Waals surface area contributed by atoms with Gasteiger partial charge in [0.1, 0.15) is 42.0 Å². The predicted molar refractivity (Wildman–Crippen MR) is 234 cm³/mol. The standard InChI is InChI=1S/C43H33ClF12N8O8S2/c1-71-23-4-2-19(3-5-23)16-63(73(67,68)24-6-7-24)40-35-27(44)8-9-29(36(35)61(60-40)17-30(47)48)64-33(66)15-32(72-74(69,70)43(54,55)56)58-39(64)28(12-20-10-21(45)13-22(46)11-20)57-31(65)18-62-38-34(37(59-62)42(51,52)53)25-14-26(25)41(38,49)50/h2-5,8-11,13,15,24-26,28,30H,6-7,12,14,16-18H2,1H3,(H,57,65)/t25-,26+,28-/m0/s1. The highest BCUT2D eigenvalue weighted by Crippen LogP contribution is 2.68. The number of benzene rings is 3. The van der Waals surface area contributed by atoms with Crippen LogP contribution in [0.3, 0.4) is 0 Å². The van der Waals surface area contributed by atoms with Crippen molar-refractivity contribution < 1.29 is 83.2 Å². The molecule has 0 aliphatic heterocycles. The summed E-state index contributed by atoms with van der Waals surface area (Å²) in [7, 11) is -9.81. The molecular weight excluding hydrogens is 1080 g/mol. The zero-order valence-corrected chi connectivity index (χ0v) is 39.6. The van der Waals surface area contributed by atoms with Crippen molar-refractivity contribution in [1.82, 2.24) is 34.4 Å². The van der Waals surface area contributed by atoms with Gasteiger partial charge in [0.15, 0.2) is 11.5 Å². The lowest BCUT2D eigenvalue weighted by Gasteiger charge is -2.24. The second-order valence-corrected chi connectivity index (χ2v) is 21.4. The number of methoxy groups -OCH3 is 1. The van der Waals surface area contributed by atoms with Crippen molar-refractivity contribution >= 4 is 54.4 Å². The summed E-state index contributed by atoms with van der Waals surface area (Å²) in [5.74, 6) is -14.1. The fourth-order valence-corrected chi connectivity index (χ4v) is 11.3. The van der Waals surface area contributed by atoms with Crippen LogP contribution in [0.15, 0.2) is 65.5 Å². The van der Waals surface area contributed by atoms with Gasteiger partial charge >= 0.3 is 21.8 Å². The van der Waals surface area contributed by atoms with E-state index in [0.717, 1.165) is 16.4 Å². The van der Waals surface area contributed by atoms with E-state index in [4.69, 9.17) is 16.3 Å². The first-order valence-electron chi connectivity index (χ1n) is 21.6. The first kappa shape index (κ1) is 52.3. The van der Waals surface area contributed by atoms with Crippen molar-refractivity contribution in [3.8, 4) is 17.3 Å². The molecule has 31 heteroatoms. The van der Waals surface area contributed by atoms with Gasteiger partial charge in [0.25, 0.3) is 17.9 Å². The van der Waals surface area contributed by atoms with Crippen LogP contribution in [0.25, 0.3) is 16.6 Å². The zero-order valence-electron chi connectivity index (χ0n) is 37.2. The van der Waals surface area contributed by atoms with Gasteiger partial charge in [-0.1, -0.05) is 23.7 Å². The van der Waals surface area contributed by atoms with Crippen LogP contribution in [0.1, 0.15) is 65.1 Å². The number of rotatable bonds is 17. The van der Waals surface area contributed by atoms with Gasteiger partial charge in [-0.05, 0) is 72.7 Å². The first-order chi connectivity index (χ1) is 34.5. The summed E-state index contributed by atoms with van der Waals surface area (Å²) in [6, 6.07) is 7.21. The maximum Gasteiger partial charge on any atom is 0.534 e. The summed E-state index contributed by atoms with van der Waals surface area (Å²) in [6.07, 6.45) is -9.70. The Balaban J connectivity index is 1.26. The molecule has 0 spiro atoms. The Bertz CT molecular complexity index is 3510. The van der Waals surface area contributed by atoms with Crippen molar-refractivity contribution in [2.75, 3.05) is 11.4 Å². The molecule has 0 bridgehead atoms. The number of hydrogen-bond donors (Lipinski definition) is 1. The molecule has 3 aromatic carbocycles. The molecule has 0 radical (unpaired) electrons. The van der Waals surface area contributed by atoms with E-state index in [1.807, 2.05) is 0 Å². The second kappa shape index (κ2) is 18.4. The van der Waals surface area contributed by atoms with Gasteiger partial charge < -0.3 is 14.2 Å². The Kier molecular flexibility index (Phi) is 13.0. The summed E-state index contributed by atoms with van der Waals surface area (Å²) < 4.78 is 238. The number of amides is 1. The van der Waals surface area contributed by atoms with Crippen LogP contribution in [0, 0.1) is 17.6 Å². The number of carbonyl (C=O) groups is 1. The lowest BCUT2D eigenvalue weighted by molar-refractivity contribution is -0.142. The van der Waals surface area contributed by atoms with E-state index < -0.39 is 178 Å². The molecule has 0 unspecified atom stereocenters. The third kappa shape index (κ3) is 9.69. The molecule has 6 aromatic rings. The number of aromatic nitrogens is 6. The molecule has 1 N–H and O–H groups in total. The van der Waals surface area contributed by atoms with E-state index in [1.165, 1.54) is 31.4 Å². The molecule has 1 amide bonds. The van der Waals surface area contributed by atoms with Gasteiger partial charge in [-0.25, -0.2) is 30.3 Å². The van der Waals surface area contributed by atoms with Crippen LogP contribution in [0.5, 0.6) is 11.6 Å². The number of nitrogens with one attached hydrogen (secondary N) is 1. The monoisotopic (exact) mass is 1120 g/mol. The van der Waals surface area contributed by atoms with Crippen LogP contribution in [-0.2, 0) is 63.1 Å². The number of nitrogens with zero attached hydrogens (tertiary/aromatic N) is 7. The third-order valence-electron chi connectivity index (χ3n) is 12.2. The minimum absolute atomic E-state index is 0.0506. The van der Waals surface area contributed by atoms with Crippen molar-refractivity contribution in [3.63, 3.8) is 0 Å². The van der Waals surface area contributed by atoms with E-state index in [9.17, 15) is 70.3 Å². The fourth-order valence-electron chi connectivity index (χ4n) is 8.89. The quantitative estimate of drug-likeness (QED) is 0.0529. The predicted octanol–water partition coefficient (Wildman–Crippen LogP) is 8.04. The minimum Gasteiger partial charge on any atom is -0.497 e. The summed E-state index contributed by atoms with van der Waals surface area (Å²) >= 11 is 6.74. The third-order valence-corrected chi connectivity index (χ3v) is 15.7. The molecule has 396 valence electrons. The number of hydrogen-bond acceptors (Lipinski definition) is 11. The molecule has 2 saturated carbocycles. The lowest BCUT2D eigenvalue weighted by Crippen LogP contribution is -2.38. The molecule has 3 atom stereocenters. The number of halogens is 13. The summed E-state index contributed by atoms with van der Waals surface area (Å²) in [4.78, 5) is 32.4. The molecule has 3 heterocycles. The first-order valence-corrected chi connectivity index (χ1v) is 24.9. The van der Waals surface area contributed by atoms with Gasteiger partial charge in [0.2, 0.25) is 21.8 Å². The van der Waals surface area contributed by atoms with Crippen molar-refractivity contribution in [2.45, 2.75) is 86.6 Å². The molecule has 16 nitrogen and oxygen atoms in total. The number of alkyl halides is 10. The topological polar surface area (TPSA) is 190 Å². The molecule has 74 heavy (non-hydrogen) atoms. The van der Waals surface area contributed by atoms with Gasteiger partial charge in [-0.2, -0.15) is 58.7 Å². The number of sulfonamides is 1. The lowest BCUT2D eigenvalue weighted by atomic mass is 10.0. The number of anilines is 1. The SMILES string of the molecule is COc1ccc(CN(c2nn(CC(F)F)c3c(-n4c([C@H](Cc5cc(F)cc(F)c5)NC(=O)Cn5nc(C(F)(F)F)c6c5C(F)(F)[C@@H]5C[C@H]65)nc(OS(=O)(=O)C(F)(F)F)cc4=O)ccc(Cl)c23)S(=O)(=O)C2CC2)cc1. The summed E-state index contributed by atoms with van der Waals surface area (Å²) in [6.45, 7) is -3.43. The Labute approximate surface area is 413 Å². The van der Waals surface area contributed by atoms with Crippen molar-refractivity contribution in [2.24, 2.45) is 5.92 Å². The minimum atomic E-state index is -6.72. The second-order valence-electron chi connectivity index (χ2n) is 17.3. The average Bonchev–Trinajstić information content (AvgIpc) is 4.21. The average molecular weight is 1120 g/mol. The van der Waals surface area contributed by atoms with Crippen LogP contribution < -0.4 is 24.1 Å².